The van der Waals surface area contributed by atoms with Crippen molar-refractivity contribution in [3.05, 3.63) is 41.8 Å². The van der Waals surface area contributed by atoms with E-state index >= 15 is 0 Å². The van der Waals surface area contributed by atoms with Crippen LogP contribution in [0.4, 0.5) is 4.79 Å². The third-order valence-electron chi connectivity index (χ3n) is 4.50. The van der Waals surface area contributed by atoms with Crippen LogP contribution in [0.3, 0.4) is 0 Å². The van der Waals surface area contributed by atoms with E-state index in [9.17, 15) is 4.79 Å². The fourth-order valence-corrected chi connectivity index (χ4v) is 3.14. The molecule has 5 heteroatoms. The number of hydrogen-bond donors (Lipinski definition) is 2. The third-order valence-corrected chi connectivity index (χ3v) is 4.50. The lowest BCUT2D eigenvalue weighted by Crippen LogP contribution is -2.43. The fourth-order valence-electron chi connectivity index (χ4n) is 3.14. The summed E-state index contributed by atoms with van der Waals surface area (Å²) in [5, 5.41) is 5.98. The van der Waals surface area contributed by atoms with Gasteiger partial charge in [-0.1, -0.05) is 37.5 Å². The first-order chi connectivity index (χ1) is 11.7. The van der Waals surface area contributed by atoms with Gasteiger partial charge < -0.3 is 15.1 Å². The van der Waals surface area contributed by atoms with Crippen LogP contribution in [-0.4, -0.2) is 23.6 Å². The molecule has 2 amide bonds. The summed E-state index contributed by atoms with van der Waals surface area (Å²) in [5.41, 5.74) is 1.86. The second-order valence-corrected chi connectivity index (χ2v) is 6.37. The predicted octanol–water partition coefficient (Wildman–Crippen LogP) is 3.82. The summed E-state index contributed by atoms with van der Waals surface area (Å²) in [6.45, 7) is 2.47. The highest BCUT2D eigenvalue weighted by Crippen LogP contribution is 2.21. The van der Waals surface area contributed by atoms with Gasteiger partial charge in [-0.25, -0.2) is 9.78 Å². The van der Waals surface area contributed by atoms with Gasteiger partial charge in [-0.2, -0.15) is 0 Å². The van der Waals surface area contributed by atoms with Crippen LogP contribution in [0.15, 0.2) is 34.7 Å². The molecule has 0 bridgehead atoms. The van der Waals surface area contributed by atoms with E-state index in [0.717, 1.165) is 29.9 Å². The molecule has 0 atom stereocenters. The summed E-state index contributed by atoms with van der Waals surface area (Å²) >= 11 is 0. The number of urea groups is 1. The zero-order chi connectivity index (χ0) is 16.8. The van der Waals surface area contributed by atoms with E-state index in [0.29, 0.717) is 24.9 Å². The molecule has 24 heavy (non-hydrogen) atoms. The lowest BCUT2D eigenvalue weighted by Gasteiger charge is -2.22. The van der Waals surface area contributed by atoms with E-state index in [-0.39, 0.29) is 6.03 Å². The van der Waals surface area contributed by atoms with Crippen LogP contribution in [0.25, 0.3) is 11.5 Å². The molecule has 2 N–H and O–H groups in total. The minimum absolute atomic E-state index is 0.0775. The number of oxazole rings is 1. The summed E-state index contributed by atoms with van der Waals surface area (Å²) in [4.78, 5) is 16.5. The summed E-state index contributed by atoms with van der Waals surface area (Å²) in [7, 11) is 0. The Morgan fingerprint density at radius 1 is 1.21 bits per heavy atom. The SMILES string of the molecule is Cc1oc(-c2ccccc2)nc1CCNC(=O)NC1CCCCC1. The molecule has 0 spiro atoms. The lowest BCUT2D eigenvalue weighted by molar-refractivity contribution is 0.233. The molecule has 3 rings (SSSR count). The van der Waals surface area contributed by atoms with E-state index in [1.54, 1.807) is 0 Å². The van der Waals surface area contributed by atoms with Crippen LogP contribution in [0.1, 0.15) is 43.6 Å². The van der Waals surface area contributed by atoms with E-state index in [4.69, 9.17) is 4.42 Å². The Hall–Kier alpha value is -2.30. The zero-order valence-corrected chi connectivity index (χ0v) is 14.2. The van der Waals surface area contributed by atoms with Crippen molar-refractivity contribution in [3.63, 3.8) is 0 Å². The van der Waals surface area contributed by atoms with Crippen molar-refractivity contribution in [1.82, 2.24) is 15.6 Å². The van der Waals surface area contributed by atoms with Gasteiger partial charge in [0, 0.05) is 24.6 Å². The largest absolute Gasteiger partial charge is 0.441 e. The van der Waals surface area contributed by atoms with Gasteiger partial charge in [0.2, 0.25) is 5.89 Å². The normalized spacial score (nSPS) is 15.2. The maximum absolute atomic E-state index is 11.9. The van der Waals surface area contributed by atoms with E-state index in [1.165, 1.54) is 19.3 Å². The molecule has 1 aromatic carbocycles. The molecule has 0 radical (unpaired) electrons. The Balaban J connectivity index is 1.48. The number of benzene rings is 1. The van der Waals surface area contributed by atoms with E-state index < -0.39 is 0 Å². The molecule has 1 aromatic heterocycles. The van der Waals surface area contributed by atoms with Crippen molar-refractivity contribution in [2.24, 2.45) is 0 Å². The molecule has 1 heterocycles. The van der Waals surface area contributed by atoms with Gasteiger partial charge in [-0.3, -0.25) is 0 Å². The molecule has 128 valence electrons. The highest BCUT2D eigenvalue weighted by Gasteiger charge is 2.16. The molecule has 1 aliphatic rings. The third kappa shape index (κ3) is 4.37. The topological polar surface area (TPSA) is 67.2 Å². The van der Waals surface area contributed by atoms with Gasteiger partial charge in [0.15, 0.2) is 0 Å². The Kier molecular flexibility index (Phi) is 5.51. The number of nitrogens with one attached hydrogen (secondary N) is 2. The van der Waals surface area contributed by atoms with Crippen molar-refractivity contribution in [2.75, 3.05) is 6.54 Å². The highest BCUT2D eigenvalue weighted by atomic mass is 16.4. The number of hydrogen-bond acceptors (Lipinski definition) is 3. The van der Waals surface area contributed by atoms with Crippen molar-refractivity contribution >= 4 is 6.03 Å². The van der Waals surface area contributed by atoms with Gasteiger partial charge in [0.25, 0.3) is 0 Å². The number of aryl methyl sites for hydroxylation is 1. The van der Waals surface area contributed by atoms with Gasteiger partial charge >= 0.3 is 6.03 Å². The lowest BCUT2D eigenvalue weighted by atomic mass is 9.96. The standard InChI is InChI=1S/C19H25N3O2/c1-14-17(22-18(24-14)15-8-4-2-5-9-15)12-13-20-19(23)21-16-10-6-3-7-11-16/h2,4-5,8-9,16H,3,6-7,10-13H2,1H3,(H2,20,21,23). The van der Waals surface area contributed by atoms with Gasteiger partial charge in [-0.05, 0) is 31.9 Å². The summed E-state index contributed by atoms with van der Waals surface area (Å²) < 4.78 is 5.74. The van der Waals surface area contributed by atoms with Gasteiger partial charge in [-0.15, -0.1) is 0 Å². The molecule has 1 aliphatic carbocycles. The van der Waals surface area contributed by atoms with Crippen LogP contribution in [-0.2, 0) is 6.42 Å². The maximum Gasteiger partial charge on any atom is 0.315 e. The first kappa shape index (κ1) is 16.6. The van der Waals surface area contributed by atoms with Crippen LogP contribution in [0.5, 0.6) is 0 Å². The summed E-state index contributed by atoms with van der Waals surface area (Å²) in [6.07, 6.45) is 6.57. The number of rotatable bonds is 5. The van der Waals surface area contributed by atoms with Crippen molar-refractivity contribution in [2.45, 2.75) is 51.5 Å². The van der Waals surface area contributed by atoms with Crippen LogP contribution in [0, 0.1) is 6.92 Å². The molecule has 0 aliphatic heterocycles. The van der Waals surface area contributed by atoms with Crippen molar-refractivity contribution in [3.8, 4) is 11.5 Å². The Morgan fingerprint density at radius 2 is 1.96 bits per heavy atom. The fraction of sp³-hybridized carbons (Fsp3) is 0.474. The molecule has 2 aromatic rings. The monoisotopic (exact) mass is 327 g/mol. The van der Waals surface area contributed by atoms with Crippen molar-refractivity contribution in [1.29, 1.82) is 0 Å². The predicted molar refractivity (Wildman–Crippen MR) is 93.8 cm³/mol. The first-order valence-corrected chi connectivity index (χ1v) is 8.78. The Bertz CT molecular complexity index is 661. The highest BCUT2D eigenvalue weighted by molar-refractivity contribution is 5.74. The number of amides is 2. The first-order valence-electron chi connectivity index (χ1n) is 8.78. The molecule has 5 nitrogen and oxygen atoms in total. The molecule has 0 saturated heterocycles. The maximum atomic E-state index is 11.9. The second-order valence-electron chi connectivity index (χ2n) is 6.37. The molecular weight excluding hydrogens is 302 g/mol. The minimum atomic E-state index is -0.0775. The number of carbonyl (C=O) groups is 1. The van der Waals surface area contributed by atoms with Gasteiger partial charge in [0.05, 0.1) is 5.69 Å². The second kappa shape index (κ2) is 7.99. The minimum Gasteiger partial charge on any atom is -0.441 e. The number of carbonyl (C=O) groups excluding carboxylic acids is 1. The van der Waals surface area contributed by atoms with E-state index in [1.807, 2.05) is 37.3 Å². The average Bonchev–Trinajstić information content (AvgIpc) is 2.98. The van der Waals surface area contributed by atoms with Gasteiger partial charge in [0.1, 0.15) is 5.76 Å². The molecule has 1 fully saturated rings. The number of aromatic nitrogens is 1. The molecule has 1 saturated carbocycles. The Morgan fingerprint density at radius 3 is 2.71 bits per heavy atom. The van der Waals surface area contributed by atoms with Crippen LogP contribution in [0.2, 0.25) is 0 Å². The molecule has 0 unspecified atom stereocenters. The van der Waals surface area contributed by atoms with Crippen molar-refractivity contribution < 1.29 is 9.21 Å². The Labute approximate surface area is 142 Å². The summed E-state index contributed by atoms with van der Waals surface area (Å²) in [6, 6.07) is 10.1. The van der Waals surface area contributed by atoms with E-state index in [2.05, 4.69) is 15.6 Å². The number of nitrogens with zero attached hydrogens (tertiary/aromatic N) is 1. The average molecular weight is 327 g/mol. The molecular formula is C19H25N3O2. The summed E-state index contributed by atoms with van der Waals surface area (Å²) in [5.74, 6) is 1.44. The zero-order valence-electron chi connectivity index (χ0n) is 14.2. The quantitative estimate of drug-likeness (QED) is 0.877. The smallest absolute Gasteiger partial charge is 0.315 e. The van der Waals surface area contributed by atoms with Crippen LogP contribution < -0.4 is 10.6 Å². The van der Waals surface area contributed by atoms with Crippen LogP contribution >= 0.6 is 0 Å².